The molecular weight excluding hydrogens is 212 g/mol. The van der Waals surface area contributed by atoms with Crippen molar-refractivity contribution in [3.8, 4) is 0 Å². The van der Waals surface area contributed by atoms with Gasteiger partial charge in [-0.25, -0.2) is 4.98 Å². The van der Waals surface area contributed by atoms with Gasteiger partial charge >= 0.3 is 0 Å². The van der Waals surface area contributed by atoms with Gasteiger partial charge in [0.05, 0.1) is 17.6 Å². The van der Waals surface area contributed by atoms with Crippen molar-refractivity contribution in [2.75, 3.05) is 11.9 Å². The molecule has 2 aromatic rings. The van der Waals surface area contributed by atoms with Crippen molar-refractivity contribution in [2.24, 2.45) is 13.0 Å². The smallest absolute Gasteiger partial charge is 0.157 e. The van der Waals surface area contributed by atoms with Gasteiger partial charge in [0, 0.05) is 19.0 Å². The first-order chi connectivity index (χ1) is 8.24. The molecule has 1 N–H and O–H groups in total. The maximum absolute atomic E-state index is 4.46. The molecule has 0 amide bonds. The summed E-state index contributed by atoms with van der Waals surface area (Å²) in [5.41, 5.74) is 3.11. The fourth-order valence-corrected chi connectivity index (χ4v) is 2.36. The molecule has 2 heterocycles. The number of hydrogen-bond acceptors (Lipinski definition) is 3. The average Bonchev–Trinajstić information content (AvgIpc) is 2.53. The van der Waals surface area contributed by atoms with E-state index in [9.17, 15) is 0 Å². The third-order valence-electron chi connectivity index (χ3n) is 3.68. The molecule has 4 heteroatoms. The Morgan fingerprint density at radius 3 is 3.00 bits per heavy atom. The van der Waals surface area contributed by atoms with Crippen LogP contribution in [0.15, 0.2) is 12.3 Å². The van der Waals surface area contributed by atoms with Crippen LogP contribution in [-0.2, 0) is 7.05 Å². The van der Waals surface area contributed by atoms with Gasteiger partial charge in [0.15, 0.2) is 5.65 Å². The molecule has 90 valence electrons. The molecule has 0 bridgehead atoms. The van der Waals surface area contributed by atoms with Gasteiger partial charge in [-0.05, 0) is 31.7 Å². The summed E-state index contributed by atoms with van der Waals surface area (Å²) in [7, 11) is 1.93. The molecule has 0 aromatic carbocycles. The lowest BCUT2D eigenvalue weighted by atomic mass is 9.85. The predicted molar refractivity (Wildman–Crippen MR) is 69.1 cm³/mol. The number of pyridine rings is 1. The van der Waals surface area contributed by atoms with Gasteiger partial charge < -0.3 is 5.32 Å². The van der Waals surface area contributed by atoms with E-state index in [2.05, 4.69) is 21.5 Å². The summed E-state index contributed by atoms with van der Waals surface area (Å²) in [6.45, 7) is 3.10. The number of aryl methyl sites for hydroxylation is 2. The summed E-state index contributed by atoms with van der Waals surface area (Å²) in [5.74, 6) is 0.862. The molecule has 0 aliphatic heterocycles. The van der Waals surface area contributed by atoms with Crippen LogP contribution in [0.3, 0.4) is 0 Å². The molecule has 0 radical (unpaired) electrons. The fraction of sp³-hybridized carbons (Fsp3) is 0.538. The molecule has 1 aliphatic rings. The largest absolute Gasteiger partial charge is 0.384 e. The van der Waals surface area contributed by atoms with Gasteiger partial charge in [-0.2, -0.15) is 5.10 Å². The van der Waals surface area contributed by atoms with Crippen LogP contribution in [0.2, 0.25) is 0 Å². The third-order valence-corrected chi connectivity index (χ3v) is 3.68. The van der Waals surface area contributed by atoms with Crippen LogP contribution < -0.4 is 5.32 Å². The molecule has 2 aromatic heterocycles. The SMILES string of the molecule is Cc1nn(C)c2ncc(NCC3CCC3)cc12. The van der Waals surface area contributed by atoms with Gasteiger partial charge in [0.25, 0.3) is 0 Å². The Balaban J connectivity index is 1.82. The standard InChI is InChI=1S/C13H18N4/c1-9-12-6-11(14-7-10-4-3-5-10)8-15-13(12)17(2)16-9/h6,8,10,14H,3-5,7H2,1-2H3. The van der Waals surface area contributed by atoms with Gasteiger partial charge in [-0.3, -0.25) is 4.68 Å². The van der Waals surface area contributed by atoms with Crippen molar-refractivity contribution in [1.29, 1.82) is 0 Å². The summed E-state index contributed by atoms with van der Waals surface area (Å²) in [5, 5.41) is 9.00. The van der Waals surface area contributed by atoms with Gasteiger partial charge in [-0.1, -0.05) is 6.42 Å². The topological polar surface area (TPSA) is 42.7 Å². The molecule has 0 unspecified atom stereocenters. The molecular formula is C13H18N4. The van der Waals surface area contributed by atoms with E-state index >= 15 is 0 Å². The fourth-order valence-electron chi connectivity index (χ4n) is 2.36. The number of aromatic nitrogens is 3. The summed E-state index contributed by atoms with van der Waals surface area (Å²) < 4.78 is 1.83. The lowest BCUT2D eigenvalue weighted by molar-refractivity contribution is 0.333. The Kier molecular flexibility index (Phi) is 2.50. The lowest BCUT2D eigenvalue weighted by Gasteiger charge is -2.25. The number of nitrogens with zero attached hydrogens (tertiary/aromatic N) is 3. The second-order valence-electron chi connectivity index (χ2n) is 4.98. The first-order valence-corrected chi connectivity index (χ1v) is 6.27. The average molecular weight is 230 g/mol. The maximum Gasteiger partial charge on any atom is 0.157 e. The Morgan fingerprint density at radius 1 is 1.47 bits per heavy atom. The van der Waals surface area contributed by atoms with E-state index in [-0.39, 0.29) is 0 Å². The molecule has 3 rings (SSSR count). The second kappa shape index (κ2) is 4.02. The molecule has 1 fully saturated rings. The van der Waals surface area contributed by atoms with Gasteiger partial charge in [0.2, 0.25) is 0 Å². The number of nitrogens with one attached hydrogen (secondary N) is 1. The van der Waals surface area contributed by atoms with Crippen molar-refractivity contribution in [2.45, 2.75) is 26.2 Å². The maximum atomic E-state index is 4.46. The quantitative estimate of drug-likeness (QED) is 0.881. The first kappa shape index (κ1) is 10.6. The van der Waals surface area contributed by atoms with E-state index in [1.165, 1.54) is 19.3 Å². The van der Waals surface area contributed by atoms with Crippen LogP contribution in [0.25, 0.3) is 11.0 Å². The summed E-state index contributed by atoms with van der Waals surface area (Å²) >= 11 is 0. The van der Waals surface area contributed by atoms with E-state index in [0.717, 1.165) is 34.9 Å². The van der Waals surface area contributed by atoms with Crippen molar-refractivity contribution < 1.29 is 0 Å². The molecule has 0 saturated heterocycles. The highest BCUT2D eigenvalue weighted by Gasteiger charge is 2.16. The first-order valence-electron chi connectivity index (χ1n) is 6.27. The highest BCUT2D eigenvalue weighted by atomic mass is 15.3. The monoisotopic (exact) mass is 230 g/mol. The van der Waals surface area contributed by atoms with Gasteiger partial charge in [0.1, 0.15) is 0 Å². The van der Waals surface area contributed by atoms with E-state index in [0.29, 0.717) is 0 Å². The van der Waals surface area contributed by atoms with E-state index < -0.39 is 0 Å². The number of hydrogen-bond donors (Lipinski definition) is 1. The molecule has 0 atom stereocenters. The molecule has 4 nitrogen and oxygen atoms in total. The summed E-state index contributed by atoms with van der Waals surface area (Å²) in [6, 6.07) is 2.16. The van der Waals surface area contributed by atoms with E-state index in [1.807, 2.05) is 24.9 Å². The Hall–Kier alpha value is -1.58. The van der Waals surface area contributed by atoms with Crippen molar-refractivity contribution >= 4 is 16.7 Å². The molecule has 1 saturated carbocycles. The zero-order valence-corrected chi connectivity index (χ0v) is 10.4. The molecule has 0 spiro atoms. The van der Waals surface area contributed by atoms with Crippen LogP contribution in [0.5, 0.6) is 0 Å². The summed E-state index contributed by atoms with van der Waals surface area (Å²) in [6.07, 6.45) is 6.04. The minimum absolute atomic E-state index is 0.862. The number of rotatable bonds is 3. The van der Waals surface area contributed by atoms with E-state index in [4.69, 9.17) is 0 Å². The zero-order chi connectivity index (χ0) is 11.8. The highest BCUT2D eigenvalue weighted by molar-refractivity contribution is 5.81. The lowest BCUT2D eigenvalue weighted by Crippen LogP contribution is -2.20. The van der Waals surface area contributed by atoms with Crippen LogP contribution in [0.1, 0.15) is 25.0 Å². The van der Waals surface area contributed by atoms with Crippen molar-refractivity contribution in [1.82, 2.24) is 14.8 Å². The Morgan fingerprint density at radius 2 is 2.29 bits per heavy atom. The van der Waals surface area contributed by atoms with Crippen LogP contribution in [0, 0.1) is 12.8 Å². The highest BCUT2D eigenvalue weighted by Crippen LogP contribution is 2.27. The predicted octanol–water partition coefficient (Wildman–Crippen LogP) is 2.49. The number of anilines is 1. The summed E-state index contributed by atoms with van der Waals surface area (Å²) in [4.78, 5) is 4.46. The minimum atomic E-state index is 0.862. The van der Waals surface area contributed by atoms with E-state index in [1.54, 1.807) is 0 Å². The Labute approximate surface area is 101 Å². The third kappa shape index (κ3) is 1.88. The zero-order valence-electron chi connectivity index (χ0n) is 10.4. The van der Waals surface area contributed by atoms with Crippen molar-refractivity contribution in [3.05, 3.63) is 18.0 Å². The van der Waals surface area contributed by atoms with Gasteiger partial charge in [-0.15, -0.1) is 0 Å². The van der Waals surface area contributed by atoms with Crippen LogP contribution in [0.4, 0.5) is 5.69 Å². The van der Waals surface area contributed by atoms with Crippen molar-refractivity contribution in [3.63, 3.8) is 0 Å². The Bertz CT molecular complexity index is 540. The minimum Gasteiger partial charge on any atom is -0.384 e. The number of fused-ring (bicyclic) bond motifs is 1. The molecule has 17 heavy (non-hydrogen) atoms. The van der Waals surface area contributed by atoms with Crippen LogP contribution >= 0.6 is 0 Å². The normalized spacial score (nSPS) is 16.1. The molecule has 1 aliphatic carbocycles. The second-order valence-corrected chi connectivity index (χ2v) is 4.98. The van der Waals surface area contributed by atoms with Crippen LogP contribution in [-0.4, -0.2) is 21.3 Å².